The van der Waals surface area contributed by atoms with Gasteiger partial charge in [0.15, 0.2) is 0 Å². The molecule has 2 N–H and O–H groups in total. The molecule has 4 rings (SSSR count). The van der Waals surface area contributed by atoms with Crippen LogP contribution in [0, 0.1) is 5.92 Å². The summed E-state index contributed by atoms with van der Waals surface area (Å²) in [5.41, 5.74) is 0.963. The minimum atomic E-state index is -3.83. The first-order valence-corrected chi connectivity index (χ1v) is 14.0. The van der Waals surface area contributed by atoms with Crippen molar-refractivity contribution in [2.75, 3.05) is 37.2 Å². The Morgan fingerprint density at radius 3 is 2.17 bits per heavy atom. The lowest BCUT2D eigenvalue weighted by Crippen LogP contribution is -2.46. The molecule has 1 amide bonds. The van der Waals surface area contributed by atoms with E-state index in [4.69, 9.17) is 0 Å². The number of amides is 1. The van der Waals surface area contributed by atoms with E-state index in [9.17, 15) is 21.6 Å². The molecule has 0 aliphatic carbocycles. The number of piperidine rings is 1. The molecule has 1 saturated heterocycles. The van der Waals surface area contributed by atoms with Gasteiger partial charge in [-0.15, -0.1) is 0 Å². The fraction of sp³-hybridized carbons (Fsp3) is 0.292. The first kappa shape index (κ1) is 25.1. The molecule has 0 spiro atoms. The van der Waals surface area contributed by atoms with Gasteiger partial charge in [-0.05, 0) is 48.6 Å². The van der Waals surface area contributed by atoms with Crippen LogP contribution in [0.1, 0.15) is 12.8 Å². The summed E-state index contributed by atoms with van der Waals surface area (Å²) in [4.78, 5) is 12.8. The van der Waals surface area contributed by atoms with Crippen LogP contribution in [0.15, 0.2) is 71.6 Å². The number of hydrogen-bond acceptors (Lipinski definition) is 5. The van der Waals surface area contributed by atoms with Crippen molar-refractivity contribution in [1.82, 2.24) is 8.61 Å². The fourth-order valence-corrected chi connectivity index (χ4v) is 6.27. The monoisotopic (exact) mass is 516 g/mol. The summed E-state index contributed by atoms with van der Waals surface area (Å²) in [5, 5.41) is 4.53. The van der Waals surface area contributed by atoms with Crippen LogP contribution in [-0.2, 0) is 25.0 Å². The van der Waals surface area contributed by atoms with Crippen molar-refractivity contribution in [1.29, 1.82) is 0 Å². The average molecular weight is 517 g/mol. The Morgan fingerprint density at radius 2 is 1.51 bits per heavy atom. The summed E-state index contributed by atoms with van der Waals surface area (Å²) in [6.45, 7) is 0.547. The van der Waals surface area contributed by atoms with Gasteiger partial charge in [0.25, 0.3) is 20.2 Å². The standard InChI is InChI=1S/C24H28N4O5S2/c1-27(2)35(32,33)28-16-14-19(15-17-28)24(29)25-20-10-12-21(13-11-20)34(30,31)26-23-9-5-7-18-6-3-4-8-22(18)23/h3-13,19,26H,14-17H2,1-2H3,(H,25,29). The maximum atomic E-state index is 12.9. The third-order valence-electron chi connectivity index (χ3n) is 6.08. The van der Waals surface area contributed by atoms with Gasteiger partial charge in [0.1, 0.15) is 0 Å². The zero-order chi connectivity index (χ0) is 25.2. The topological polar surface area (TPSA) is 116 Å². The molecule has 1 fully saturated rings. The number of carbonyl (C=O) groups excluding carboxylic acids is 1. The second kappa shape index (κ2) is 9.94. The molecule has 0 unspecified atom stereocenters. The lowest BCUT2D eigenvalue weighted by molar-refractivity contribution is -0.120. The molecule has 35 heavy (non-hydrogen) atoms. The smallest absolute Gasteiger partial charge is 0.281 e. The van der Waals surface area contributed by atoms with Crippen molar-refractivity contribution >= 4 is 48.3 Å². The molecule has 0 radical (unpaired) electrons. The van der Waals surface area contributed by atoms with Gasteiger partial charge in [-0.3, -0.25) is 9.52 Å². The van der Waals surface area contributed by atoms with Crippen molar-refractivity contribution < 1.29 is 21.6 Å². The molecule has 186 valence electrons. The highest BCUT2D eigenvalue weighted by Gasteiger charge is 2.32. The summed E-state index contributed by atoms with van der Waals surface area (Å²) < 4.78 is 55.5. The number of nitrogens with zero attached hydrogens (tertiary/aromatic N) is 2. The number of rotatable bonds is 7. The second-order valence-corrected chi connectivity index (χ2v) is 12.4. The Hall–Kier alpha value is -2.99. The molecule has 0 saturated carbocycles. The average Bonchev–Trinajstić information content (AvgIpc) is 2.84. The minimum Gasteiger partial charge on any atom is -0.326 e. The highest BCUT2D eigenvalue weighted by Crippen LogP contribution is 2.27. The molecule has 3 aromatic rings. The molecule has 1 heterocycles. The van der Waals surface area contributed by atoms with Crippen molar-refractivity contribution in [2.45, 2.75) is 17.7 Å². The van der Waals surface area contributed by atoms with Gasteiger partial charge in [0.2, 0.25) is 5.91 Å². The van der Waals surface area contributed by atoms with Crippen LogP contribution in [0.3, 0.4) is 0 Å². The first-order chi connectivity index (χ1) is 16.6. The molecular weight excluding hydrogens is 488 g/mol. The largest absolute Gasteiger partial charge is 0.326 e. The van der Waals surface area contributed by atoms with Gasteiger partial charge in [-0.2, -0.15) is 17.0 Å². The number of nitrogens with one attached hydrogen (secondary N) is 2. The Labute approximate surface area is 206 Å². The maximum Gasteiger partial charge on any atom is 0.281 e. The summed E-state index contributed by atoms with van der Waals surface area (Å²) >= 11 is 0. The predicted octanol–water partition coefficient (Wildman–Crippen LogP) is 3.10. The number of sulfonamides is 1. The number of fused-ring (bicyclic) bond motifs is 1. The van der Waals surface area contributed by atoms with Gasteiger partial charge in [-0.1, -0.05) is 36.4 Å². The zero-order valence-corrected chi connectivity index (χ0v) is 21.1. The highest BCUT2D eigenvalue weighted by molar-refractivity contribution is 7.92. The van der Waals surface area contributed by atoms with Crippen molar-refractivity contribution in [3.63, 3.8) is 0 Å². The molecule has 3 aromatic carbocycles. The molecule has 0 aromatic heterocycles. The summed E-state index contributed by atoms with van der Waals surface area (Å²) in [7, 11) is -4.35. The Morgan fingerprint density at radius 1 is 0.886 bits per heavy atom. The Bertz CT molecular complexity index is 1430. The molecule has 0 atom stereocenters. The van der Waals surface area contributed by atoms with E-state index in [1.807, 2.05) is 30.3 Å². The van der Waals surface area contributed by atoms with Crippen LogP contribution in [0.2, 0.25) is 0 Å². The number of hydrogen-bond donors (Lipinski definition) is 2. The van der Waals surface area contributed by atoms with Gasteiger partial charge in [0, 0.05) is 44.2 Å². The SMILES string of the molecule is CN(C)S(=O)(=O)N1CCC(C(=O)Nc2ccc(S(=O)(=O)Nc3cccc4ccccc34)cc2)CC1. The van der Waals surface area contributed by atoms with Crippen LogP contribution < -0.4 is 10.0 Å². The molecular formula is C24H28N4O5S2. The predicted molar refractivity (Wildman–Crippen MR) is 137 cm³/mol. The molecule has 9 nitrogen and oxygen atoms in total. The molecule has 1 aliphatic rings. The van der Waals surface area contributed by atoms with E-state index in [1.54, 1.807) is 24.3 Å². The number of carbonyl (C=O) groups is 1. The van der Waals surface area contributed by atoms with E-state index in [2.05, 4.69) is 10.0 Å². The minimum absolute atomic E-state index is 0.0747. The van der Waals surface area contributed by atoms with Gasteiger partial charge < -0.3 is 5.32 Å². The number of benzene rings is 3. The van der Waals surface area contributed by atoms with E-state index >= 15 is 0 Å². The van der Waals surface area contributed by atoms with Crippen molar-refractivity contribution in [2.24, 2.45) is 5.92 Å². The van der Waals surface area contributed by atoms with Crippen LogP contribution in [0.5, 0.6) is 0 Å². The molecule has 11 heteroatoms. The van der Waals surface area contributed by atoms with Gasteiger partial charge in [-0.25, -0.2) is 8.42 Å². The Balaban J connectivity index is 1.39. The molecule has 0 bridgehead atoms. The zero-order valence-electron chi connectivity index (χ0n) is 19.5. The van der Waals surface area contributed by atoms with Crippen molar-refractivity contribution in [3.8, 4) is 0 Å². The lowest BCUT2D eigenvalue weighted by atomic mass is 9.97. The summed E-state index contributed by atoms with van der Waals surface area (Å²) in [6, 6.07) is 18.9. The van der Waals surface area contributed by atoms with Crippen LogP contribution in [0.25, 0.3) is 10.8 Å². The fourth-order valence-electron chi connectivity index (χ4n) is 4.06. The first-order valence-electron chi connectivity index (χ1n) is 11.2. The maximum absolute atomic E-state index is 12.9. The number of anilines is 2. The highest BCUT2D eigenvalue weighted by atomic mass is 32.2. The third kappa shape index (κ3) is 5.48. The van der Waals surface area contributed by atoms with E-state index in [0.717, 1.165) is 15.1 Å². The van der Waals surface area contributed by atoms with Gasteiger partial charge >= 0.3 is 0 Å². The van der Waals surface area contributed by atoms with Crippen LogP contribution >= 0.6 is 0 Å². The van der Waals surface area contributed by atoms with Gasteiger partial charge in [0.05, 0.1) is 10.6 Å². The van der Waals surface area contributed by atoms with E-state index < -0.39 is 20.2 Å². The quantitative estimate of drug-likeness (QED) is 0.501. The van der Waals surface area contributed by atoms with E-state index in [0.29, 0.717) is 24.2 Å². The van der Waals surface area contributed by atoms with Crippen LogP contribution in [0.4, 0.5) is 11.4 Å². The Kier molecular flexibility index (Phi) is 7.13. The normalized spacial score (nSPS) is 15.9. The lowest BCUT2D eigenvalue weighted by Gasteiger charge is -2.32. The summed E-state index contributed by atoms with van der Waals surface area (Å²) in [5.74, 6) is -0.531. The third-order valence-corrected chi connectivity index (χ3v) is 9.40. The summed E-state index contributed by atoms with van der Waals surface area (Å²) in [6.07, 6.45) is 0.834. The van der Waals surface area contributed by atoms with E-state index in [1.165, 1.54) is 30.5 Å². The van der Waals surface area contributed by atoms with Crippen molar-refractivity contribution in [3.05, 3.63) is 66.7 Å². The van der Waals surface area contributed by atoms with Crippen LogP contribution in [-0.4, -0.2) is 58.5 Å². The van der Waals surface area contributed by atoms with E-state index in [-0.39, 0.29) is 29.8 Å². The molecule has 1 aliphatic heterocycles. The second-order valence-electron chi connectivity index (χ2n) is 8.61.